The zero-order valence-corrected chi connectivity index (χ0v) is 12.0. The van der Waals surface area contributed by atoms with E-state index in [4.69, 9.17) is 0 Å². The molecule has 0 saturated carbocycles. The molecule has 20 heavy (non-hydrogen) atoms. The molecule has 102 valence electrons. The summed E-state index contributed by atoms with van der Waals surface area (Å²) in [5, 5.41) is 4.02. The van der Waals surface area contributed by atoms with Crippen molar-refractivity contribution in [1.82, 2.24) is 5.43 Å². The lowest BCUT2D eigenvalue weighted by Gasteiger charge is -2.02. The van der Waals surface area contributed by atoms with E-state index in [1.54, 1.807) is 18.3 Å². The second kappa shape index (κ2) is 6.15. The van der Waals surface area contributed by atoms with E-state index >= 15 is 0 Å². The Balaban J connectivity index is 2.04. The van der Waals surface area contributed by atoms with Gasteiger partial charge >= 0.3 is 0 Å². The molecule has 0 spiro atoms. The number of amides is 1. The molecule has 0 unspecified atom stereocenters. The van der Waals surface area contributed by atoms with Crippen LogP contribution in [0.5, 0.6) is 0 Å². The van der Waals surface area contributed by atoms with Gasteiger partial charge < -0.3 is 0 Å². The number of benzene rings is 2. The van der Waals surface area contributed by atoms with Crippen LogP contribution in [-0.2, 0) is 0 Å². The molecular formula is C17H18N2O. The monoisotopic (exact) mass is 266 g/mol. The first-order valence-electron chi connectivity index (χ1n) is 6.53. The van der Waals surface area contributed by atoms with Crippen molar-refractivity contribution >= 4 is 12.1 Å². The molecule has 2 rings (SSSR count). The van der Waals surface area contributed by atoms with Gasteiger partial charge in [0.1, 0.15) is 0 Å². The highest BCUT2D eigenvalue weighted by atomic mass is 16.2. The molecule has 2 aromatic rings. The molecule has 2 aromatic carbocycles. The quantitative estimate of drug-likeness (QED) is 0.671. The molecule has 1 amide bonds. The van der Waals surface area contributed by atoms with Gasteiger partial charge in [0.2, 0.25) is 0 Å². The Morgan fingerprint density at radius 2 is 1.65 bits per heavy atom. The SMILES string of the molecule is Cc1ccc(C(=O)N/N=C\c2cc(C)ccc2C)cc1. The zero-order chi connectivity index (χ0) is 14.5. The van der Waals surface area contributed by atoms with E-state index in [0.29, 0.717) is 5.56 Å². The van der Waals surface area contributed by atoms with Gasteiger partial charge in [-0.3, -0.25) is 4.79 Å². The van der Waals surface area contributed by atoms with Crippen molar-refractivity contribution in [3.63, 3.8) is 0 Å². The molecule has 0 radical (unpaired) electrons. The second-order valence-electron chi connectivity index (χ2n) is 4.93. The van der Waals surface area contributed by atoms with Crippen molar-refractivity contribution in [3.05, 3.63) is 70.3 Å². The number of rotatable bonds is 3. The van der Waals surface area contributed by atoms with Crippen molar-refractivity contribution < 1.29 is 4.79 Å². The number of hydrogen-bond donors (Lipinski definition) is 1. The Bertz CT molecular complexity index is 643. The standard InChI is InChI=1S/C17H18N2O/c1-12-5-8-15(9-6-12)17(20)19-18-11-16-10-13(2)4-7-14(16)3/h4-11H,1-3H3,(H,19,20)/b18-11-. The third-order valence-corrected chi connectivity index (χ3v) is 3.12. The third-order valence-electron chi connectivity index (χ3n) is 3.12. The highest BCUT2D eigenvalue weighted by Gasteiger charge is 2.02. The van der Waals surface area contributed by atoms with Gasteiger partial charge in [-0.25, -0.2) is 5.43 Å². The van der Waals surface area contributed by atoms with Gasteiger partial charge in [-0.05, 0) is 44.0 Å². The van der Waals surface area contributed by atoms with Crippen LogP contribution in [0, 0.1) is 20.8 Å². The highest BCUT2D eigenvalue weighted by molar-refractivity contribution is 5.95. The summed E-state index contributed by atoms with van der Waals surface area (Å²) in [5.74, 6) is -0.202. The Hall–Kier alpha value is -2.42. The molecule has 0 heterocycles. The average molecular weight is 266 g/mol. The summed E-state index contributed by atoms with van der Waals surface area (Å²) in [6.45, 7) is 6.03. The summed E-state index contributed by atoms with van der Waals surface area (Å²) in [7, 11) is 0. The maximum Gasteiger partial charge on any atom is 0.271 e. The van der Waals surface area contributed by atoms with Gasteiger partial charge in [-0.2, -0.15) is 5.10 Å². The topological polar surface area (TPSA) is 41.5 Å². The van der Waals surface area contributed by atoms with E-state index in [1.165, 1.54) is 5.56 Å². The first-order valence-corrected chi connectivity index (χ1v) is 6.53. The molecule has 3 nitrogen and oxygen atoms in total. The van der Waals surface area contributed by atoms with Crippen LogP contribution in [0.3, 0.4) is 0 Å². The van der Waals surface area contributed by atoms with Crippen molar-refractivity contribution in [3.8, 4) is 0 Å². The van der Waals surface area contributed by atoms with E-state index in [9.17, 15) is 4.79 Å². The van der Waals surface area contributed by atoms with E-state index < -0.39 is 0 Å². The Morgan fingerprint density at radius 1 is 1.00 bits per heavy atom. The number of aryl methyl sites for hydroxylation is 3. The molecule has 0 fully saturated rings. The molecule has 0 aliphatic carbocycles. The van der Waals surface area contributed by atoms with Crippen molar-refractivity contribution in [2.24, 2.45) is 5.10 Å². The Morgan fingerprint density at radius 3 is 2.35 bits per heavy atom. The molecule has 0 aromatic heterocycles. The summed E-state index contributed by atoms with van der Waals surface area (Å²) < 4.78 is 0. The smallest absolute Gasteiger partial charge is 0.267 e. The Labute approximate surface area is 119 Å². The van der Waals surface area contributed by atoms with Crippen LogP contribution < -0.4 is 5.43 Å². The van der Waals surface area contributed by atoms with Crippen LogP contribution in [0.1, 0.15) is 32.6 Å². The molecule has 1 N–H and O–H groups in total. The van der Waals surface area contributed by atoms with Gasteiger partial charge in [-0.1, -0.05) is 41.5 Å². The number of nitrogens with one attached hydrogen (secondary N) is 1. The molecule has 3 heteroatoms. The maximum atomic E-state index is 11.9. The lowest BCUT2D eigenvalue weighted by Crippen LogP contribution is -2.17. The van der Waals surface area contributed by atoms with Crippen molar-refractivity contribution in [1.29, 1.82) is 0 Å². The summed E-state index contributed by atoms with van der Waals surface area (Å²) in [4.78, 5) is 11.9. The normalized spacial score (nSPS) is 10.8. The maximum absolute atomic E-state index is 11.9. The number of carbonyl (C=O) groups excluding carboxylic acids is 1. The van der Waals surface area contributed by atoms with Gasteiger partial charge in [-0.15, -0.1) is 0 Å². The fourth-order valence-corrected chi connectivity index (χ4v) is 1.83. The number of carbonyl (C=O) groups is 1. The summed E-state index contributed by atoms with van der Waals surface area (Å²) in [6.07, 6.45) is 1.68. The predicted octanol–water partition coefficient (Wildman–Crippen LogP) is 3.38. The molecular weight excluding hydrogens is 248 g/mol. The molecule has 0 aliphatic rings. The minimum atomic E-state index is -0.202. The summed E-state index contributed by atoms with van der Waals surface area (Å²) in [6, 6.07) is 13.5. The largest absolute Gasteiger partial charge is 0.271 e. The van der Waals surface area contributed by atoms with E-state index in [-0.39, 0.29) is 5.91 Å². The van der Waals surface area contributed by atoms with Crippen LogP contribution in [0.4, 0.5) is 0 Å². The van der Waals surface area contributed by atoms with Gasteiger partial charge in [0.15, 0.2) is 0 Å². The van der Waals surface area contributed by atoms with E-state index in [2.05, 4.69) is 16.6 Å². The van der Waals surface area contributed by atoms with Crippen molar-refractivity contribution in [2.45, 2.75) is 20.8 Å². The molecule has 0 bridgehead atoms. The van der Waals surface area contributed by atoms with E-state index in [0.717, 1.165) is 16.7 Å². The van der Waals surface area contributed by atoms with E-state index in [1.807, 2.05) is 45.0 Å². The second-order valence-corrected chi connectivity index (χ2v) is 4.93. The van der Waals surface area contributed by atoms with Gasteiger partial charge in [0.25, 0.3) is 5.91 Å². The first-order chi connectivity index (χ1) is 9.56. The lowest BCUT2D eigenvalue weighted by atomic mass is 10.1. The highest BCUT2D eigenvalue weighted by Crippen LogP contribution is 2.08. The molecule has 0 saturated heterocycles. The van der Waals surface area contributed by atoms with Gasteiger partial charge in [0, 0.05) is 5.56 Å². The van der Waals surface area contributed by atoms with Gasteiger partial charge in [0.05, 0.1) is 6.21 Å². The summed E-state index contributed by atoms with van der Waals surface area (Å²) >= 11 is 0. The fourth-order valence-electron chi connectivity index (χ4n) is 1.83. The van der Waals surface area contributed by atoms with Crippen LogP contribution in [-0.4, -0.2) is 12.1 Å². The van der Waals surface area contributed by atoms with Crippen molar-refractivity contribution in [2.75, 3.05) is 0 Å². The minimum absolute atomic E-state index is 0.202. The number of hydrazone groups is 1. The van der Waals surface area contributed by atoms with Crippen LogP contribution in [0.15, 0.2) is 47.6 Å². The third kappa shape index (κ3) is 3.54. The van der Waals surface area contributed by atoms with Crippen LogP contribution in [0.2, 0.25) is 0 Å². The predicted molar refractivity (Wildman–Crippen MR) is 82.2 cm³/mol. The minimum Gasteiger partial charge on any atom is -0.267 e. The molecule has 0 aliphatic heterocycles. The first kappa shape index (κ1) is 14.0. The average Bonchev–Trinajstić information content (AvgIpc) is 2.43. The molecule has 0 atom stereocenters. The zero-order valence-electron chi connectivity index (χ0n) is 12.0. The lowest BCUT2D eigenvalue weighted by molar-refractivity contribution is 0.0955. The number of nitrogens with zero attached hydrogens (tertiary/aromatic N) is 1. The number of hydrogen-bond acceptors (Lipinski definition) is 2. The Kier molecular flexibility index (Phi) is 4.31. The summed E-state index contributed by atoms with van der Waals surface area (Å²) in [5.41, 5.74) is 7.58. The van der Waals surface area contributed by atoms with Crippen LogP contribution in [0.25, 0.3) is 0 Å². The fraction of sp³-hybridized carbons (Fsp3) is 0.176. The van der Waals surface area contributed by atoms with Crippen LogP contribution >= 0.6 is 0 Å².